The van der Waals surface area contributed by atoms with E-state index in [1.54, 1.807) is 18.2 Å². The van der Waals surface area contributed by atoms with Gasteiger partial charge < -0.3 is 14.4 Å². The molecule has 0 spiro atoms. The Bertz CT molecular complexity index is 1360. The average molecular weight is 507 g/mol. The van der Waals surface area contributed by atoms with Gasteiger partial charge in [-0.1, -0.05) is 79.4 Å². The van der Waals surface area contributed by atoms with Crippen LogP contribution in [0.1, 0.15) is 22.3 Å². The lowest BCUT2D eigenvalue weighted by Gasteiger charge is -2.38. The molecule has 190 valence electrons. The Morgan fingerprint density at radius 2 is 1.74 bits per heavy atom. The molecule has 38 heavy (non-hydrogen) atoms. The summed E-state index contributed by atoms with van der Waals surface area (Å²) in [5.74, 6) is -0.382. The van der Waals surface area contributed by atoms with E-state index < -0.39 is 12.1 Å². The second-order valence-corrected chi connectivity index (χ2v) is 8.63. The van der Waals surface area contributed by atoms with Crippen molar-refractivity contribution >= 4 is 29.7 Å². The number of carbonyl (C=O) groups excluding carboxylic acids is 3. The number of hydrogen-bond acceptors (Lipinski definition) is 6. The summed E-state index contributed by atoms with van der Waals surface area (Å²) in [6, 6.07) is 25.9. The molecule has 0 radical (unpaired) electrons. The van der Waals surface area contributed by atoms with Crippen molar-refractivity contribution in [2.45, 2.75) is 12.6 Å². The predicted molar refractivity (Wildman–Crippen MR) is 143 cm³/mol. The van der Waals surface area contributed by atoms with Gasteiger partial charge in [0.05, 0.1) is 23.5 Å². The minimum Gasteiger partial charge on any atom is -0.445 e. The normalized spacial score (nSPS) is 14.8. The molecule has 0 saturated carbocycles. The van der Waals surface area contributed by atoms with Gasteiger partial charge in [0, 0.05) is 17.7 Å². The summed E-state index contributed by atoms with van der Waals surface area (Å²) in [4.78, 5) is 44.5. The van der Waals surface area contributed by atoms with Crippen molar-refractivity contribution in [3.8, 4) is 6.07 Å². The summed E-state index contributed by atoms with van der Waals surface area (Å²) in [6.45, 7) is 3.46. The fraction of sp³-hybridized carbons (Fsp3) is 0.167. The van der Waals surface area contributed by atoms with Crippen molar-refractivity contribution in [2.75, 3.05) is 19.7 Å². The third-order valence-electron chi connectivity index (χ3n) is 6.06. The minimum atomic E-state index is -0.834. The third-order valence-corrected chi connectivity index (χ3v) is 6.06. The van der Waals surface area contributed by atoms with Crippen LogP contribution in [0.25, 0.3) is 0 Å². The molecule has 0 aromatic heterocycles. The van der Waals surface area contributed by atoms with Crippen LogP contribution in [0.3, 0.4) is 0 Å². The lowest BCUT2D eigenvalue weighted by atomic mass is 10.0. The minimum absolute atomic E-state index is 0.0154. The zero-order chi connectivity index (χ0) is 26.9. The van der Waals surface area contributed by atoms with E-state index in [4.69, 9.17) is 9.73 Å². The van der Waals surface area contributed by atoms with Crippen LogP contribution in [0, 0.1) is 11.3 Å². The van der Waals surface area contributed by atoms with Gasteiger partial charge in [-0.25, -0.2) is 9.79 Å². The van der Waals surface area contributed by atoms with E-state index in [1.165, 1.54) is 15.9 Å². The van der Waals surface area contributed by atoms with Crippen molar-refractivity contribution in [2.24, 2.45) is 4.99 Å². The highest BCUT2D eigenvalue weighted by molar-refractivity contribution is 6.14. The Balaban J connectivity index is 1.65. The second kappa shape index (κ2) is 12.3. The Morgan fingerprint density at radius 1 is 1.08 bits per heavy atom. The van der Waals surface area contributed by atoms with E-state index in [0.29, 0.717) is 28.8 Å². The molecule has 0 N–H and O–H groups in total. The molecule has 8 heteroatoms. The van der Waals surface area contributed by atoms with E-state index in [2.05, 4.69) is 12.6 Å². The zero-order valence-corrected chi connectivity index (χ0v) is 20.7. The average Bonchev–Trinajstić information content (AvgIpc) is 2.96. The lowest BCUT2D eigenvalue weighted by molar-refractivity contribution is -0.142. The molecule has 1 fully saturated rings. The number of piperazine rings is 1. The molecule has 3 aromatic carbocycles. The van der Waals surface area contributed by atoms with Crippen LogP contribution >= 0.6 is 0 Å². The highest BCUT2D eigenvalue weighted by Gasteiger charge is 2.35. The maximum atomic E-state index is 12.9. The van der Waals surface area contributed by atoms with E-state index in [-0.39, 0.29) is 32.1 Å². The van der Waals surface area contributed by atoms with Crippen molar-refractivity contribution in [1.29, 1.82) is 5.26 Å². The summed E-state index contributed by atoms with van der Waals surface area (Å²) in [7, 11) is 0. The van der Waals surface area contributed by atoms with E-state index in [9.17, 15) is 19.6 Å². The highest BCUT2D eigenvalue weighted by atomic mass is 16.6. The van der Waals surface area contributed by atoms with E-state index in [1.807, 2.05) is 60.7 Å². The maximum absolute atomic E-state index is 12.9. The first-order valence-electron chi connectivity index (χ1n) is 12.0. The Hall–Kier alpha value is -5.03. The monoisotopic (exact) mass is 506 g/mol. The molecule has 3 aromatic rings. The quantitative estimate of drug-likeness (QED) is 0.258. The molecule has 1 saturated heterocycles. The number of ether oxygens (including phenoxy) is 1. The van der Waals surface area contributed by atoms with Gasteiger partial charge in [-0.05, 0) is 17.7 Å². The van der Waals surface area contributed by atoms with Crippen molar-refractivity contribution in [3.63, 3.8) is 0 Å². The molecule has 1 atom stereocenters. The first-order chi connectivity index (χ1) is 18.5. The summed E-state index contributed by atoms with van der Waals surface area (Å²) in [5.41, 5.74) is 4.02. The molecule has 8 nitrogen and oxygen atoms in total. The third kappa shape index (κ3) is 6.02. The van der Waals surface area contributed by atoms with Gasteiger partial charge in [0.25, 0.3) is 0 Å². The molecular formula is C30H26N4O4. The van der Waals surface area contributed by atoms with Crippen molar-refractivity contribution in [3.05, 3.63) is 114 Å². The van der Waals surface area contributed by atoms with E-state index in [0.717, 1.165) is 11.1 Å². The fourth-order valence-corrected chi connectivity index (χ4v) is 4.18. The van der Waals surface area contributed by atoms with Crippen LogP contribution in [-0.4, -0.2) is 59.5 Å². The molecule has 0 bridgehead atoms. The Morgan fingerprint density at radius 3 is 2.32 bits per heavy atom. The van der Waals surface area contributed by atoms with Crippen molar-refractivity contribution < 1.29 is 19.1 Å². The number of aldehydes is 1. The SMILES string of the molecule is C=CCOC(=O)N1CC(=O)N(Cc2ccc(C#N)c(N=C(c3ccccc3)c3ccccc3)c2)[C@@H](C=O)C1. The molecule has 1 aliphatic rings. The largest absolute Gasteiger partial charge is 0.445 e. The van der Waals surface area contributed by atoms with Crippen LogP contribution in [0.5, 0.6) is 0 Å². The molecule has 0 unspecified atom stereocenters. The topological polar surface area (TPSA) is 103 Å². The molecule has 2 amide bonds. The van der Waals surface area contributed by atoms with Crippen LogP contribution < -0.4 is 0 Å². The summed E-state index contributed by atoms with van der Waals surface area (Å²) in [6.07, 6.45) is 1.41. The number of nitrogens with zero attached hydrogens (tertiary/aromatic N) is 4. The number of rotatable bonds is 8. The molecule has 4 rings (SSSR count). The van der Waals surface area contributed by atoms with Crippen LogP contribution in [-0.2, 0) is 20.9 Å². The van der Waals surface area contributed by atoms with Crippen LogP contribution in [0.2, 0.25) is 0 Å². The molecule has 1 heterocycles. The highest BCUT2D eigenvalue weighted by Crippen LogP contribution is 2.25. The lowest BCUT2D eigenvalue weighted by Crippen LogP contribution is -2.58. The fourth-order valence-electron chi connectivity index (χ4n) is 4.18. The predicted octanol–water partition coefficient (Wildman–Crippen LogP) is 4.26. The second-order valence-electron chi connectivity index (χ2n) is 8.63. The number of amides is 2. The Labute approximate surface area is 221 Å². The van der Waals surface area contributed by atoms with Gasteiger partial charge in [-0.3, -0.25) is 9.69 Å². The van der Waals surface area contributed by atoms with Crippen molar-refractivity contribution in [1.82, 2.24) is 9.80 Å². The van der Waals surface area contributed by atoms with Gasteiger partial charge in [-0.2, -0.15) is 5.26 Å². The number of carbonyl (C=O) groups is 3. The molecule has 0 aliphatic carbocycles. The maximum Gasteiger partial charge on any atom is 0.410 e. The van der Waals surface area contributed by atoms with Gasteiger partial charge in [0.2, 0.25) is 5.91 Å². The number of benzene rings is 3. The van der Waals surface area contributed by atoms with Gasteiger partial charge in [0.15, 0.2) is 0 Å². The molecule has 1 aliphatic heterocycles. The zero-order valence-electron chi connectivity index (χ0n) is 20.7. The first-order valence-corrected chi connectivity index (χ1v) is 12.0. The Kier molecular flexibility index (Phi) is 8.42. The summed E-state index contributed by atoms with van der Waals surface area (Å²) < 4.78 is 5.01. The van der Waals surface area contributed by atoms with E-state index >= 15 is 0 Å². The molecular weight excluding hydrogens is 480 g/mol. The first kappa shape index (κ1) is 26.0. The van der Waals surface area contributed by atoms with Gasteiger partial charge in [0.1, 0.15) is 31.5 Å². The number of hydrogen-bond donors (Lipinski definition) is 0. The van der Waals surface area contributed by atoms with Crippen LogP contribution in [0.4, 0.5) is 10.5 Å². The smallest absolute Gasteiger partial charge is 0.410 e. The summed E-state index contributed by atoms with van der Waals surface area (Å²) in [5, 5.41) is 9.76. The standard InChI is InChI=1S/C30H26N4O4/c1-2-15-38-30(37)33-19-26(21-35)34(28(36)20-33)18-22-13-14-25(17-31)27(16-22)32-29(23-9-5-3-6-10-23)24-11-7-4-8-12-24/h2-14,16,21,26H,1,15,18-20H2/t26-/m1/s1. The number of aliphatic imine (C=N–C) groups is 1. The van der Waals surface area contributed by atoms with Crippen LogP contribution in [0.15, 0.2) is 96.5 Å². The van der Waals surface area contributed by atoms with Gasteiger partial charge >= 0.3 is 6.09 Å². The van der Waals surface area contributed by atoms with Gasteiger partial charge in [-0.15, -0.1) is 0 Å². The number of nitriles is 1. The summed E-state index contributed by atoms with van der Waals surface area (Å²) >= 11 is 0.